The van der Waals surface area contributed by atoms with Crippen molar-refractivity contribution in [2.45, 2.75) is 45.2 Å². The average molecular weight is 297 g/mol. The fraction of sp³-hybridized carbons (Fsp3) is 0.938. The Balaban J connectivity index is 1.88. The van der Waals surface area contributed by atoms with Crippen LogP contribution in [0.25, 0.3) is 0 Å². The van der Waals surface area contributed by atoms with Crippen molar-refractivity contribution < 1.29 is 9.53 Å². The number of carbonyl (C=O) groups is 1. The molecule has 0 aromatic heterocycles. The summed E-state index contributed by atoms with van der Waals surface area (Å²) in [4.78, 5) is 19.5. The maximum absolute atomic E-state index is 12.5. The minimum absolute atomic E-state index is 0.0294. The lowest BCUT2D eigenvalue weighted by Gasteiger charge is -2.43. The van der Waals surface area contributed by atoms with E-state index in [-0.39, 0.29) is 6.04 Å². The molecule has 2 unspecified atom stereocenters. The Morgan fingerprint density at radius 3 is 2.57 bits per heavy atom. The van der Waals surface area contributed by atoms with Gasteiger partial charge in [0.1, 0.15) is 0 Å². The Hall–Kier alpha value is -0.650. The maximum Gasteiger partial charge on any atom is 0.239 e. The molecular formula is C16H31N3O2. The van der Waals surface area contributed by atoms with Crippen LogP contribution in [0.2, 0.25) is 0 Å². The summed E-state index contributed by atoms with van der Waals surface area (Å²) in [6.45, 7) is 11.0. The van der Waals surface area contributed by atoms with Gasteiger partial charge < -0.3 is 9.64 Å². The number of carbonyl (C=O) groups excluding carboxylic acids is 1. The Labute approximate surface area is 129 Å². The molecule has 2 atom stereocenters. The number of likely N-dealkylation sites (tertiary alicyclic amines) is 1. The first-order valence-corrected chi connectivity index (χ1v) is 8.43. The van der Waals surface area contributed by atoms with E-state index in [1.165, 1.54) is 12.8 Å². The molecule has 5 heteroatoms. The lowest BCUT2D eigenvalue weighted by molar-refractivity contribution is -0.136. The standard InChI is InChI=1S/C16H31N3O2/c1-4-15-13-19(10-9-17(15)11-12-21-3)14(2)16(20)18-7-5-6-8-18/h14-15H,4-13H2,1-3H3. The predicted octanol–water partition coefficient (Wildman–Crippen LogP) is 1.04. The van der Waals surface area contributed by atoms with Gasteiger partial charge in [-0.1, -0.05) is 6.92 Å². The monoisotopic (exact) mass is 297 g/mol. The van der Waals surface area contributed by atoms with Crippen LogP contribution >= 0.6 is 0 Å². The van der Waals surface area contributed by atoms with E-state index in [1.807, 2.05) is 4.90 Å². The highest BCUT2D eigenvalue weighted by molar-refractivity contribution is 5.81. The van der Waals surface area contributed by atoms with Crippen molar-refractivity contribution in [2.24, 2.45) is 0 Å². The van der Waals surface area contributed by atoms with Crippen LogP contribution in [-0.4, -0.2) is 85.7 Å². The molecule has 2 aliphatic rings. The number of nitrogens with zero attached hydrogens (tertiary/aromatic N) is 3. The molecule has 2 saturated heterocycles. The molecule has 2 fully saturated rings. The van der Waals surface area contributed by atoms with Crippen molar-refractivity contribution in [3.8, 4) is 0 Å². The number of rotatable bonds is 6. The summed E-state index contributed by atoms with van der Waals surface area (Å²) < 4.78 is 5.20. The summed E-state index contributed by atoms with van der Waals surface area (Å²) in [5.41, 5.74) is 0. The lowest BCUT2D eigenvalue weighted by atomic mass is 10.1. The van der Waals surface area contributed by atoms with Crippen LogP contribution in [0.15, 0.2) is 0 Å². The molecule has 0 saturated carbocycles. The Morgan fingerprint density at radius 2 is 1.95 bits per heavy atom. The van der Waals surface area contributed by atoms with Crippen LogP contribution in [0.1, 0.15) is 33.1 Å². The largest absolute Gasteiger partial charge is 0.383 e. The molecule has 2 rings (SSSR count). The smallest absolute Gasteiger partial charge is 0.239 e. The second-order valence-electron chi connectivity index (χ2n) is 6.29. The highest BCUT2D eigenvalue weighted by atomic mass is 16.5. The van der Waals surface area contributed by atoms with E-state index in [2.05, 4.69) is 23.6 Å². The minimum Gasteiger partial charge on any atom is -0.383 e. The third-order valence-electron chi connectivity index (χ3n) is 5.01. The maximum atomic E-state index is 12.5. The molecule has 0 N–H and O–H groups in total. The quantitative estimate of drug-likeness (QED) is 0.734. The molecule has 0 aromatic carbocycles. The van der Waals surface area contributed by atoms with Gasteiger partial charge in [-0.15, -0.1) is 0 Å². The zero-order valence-corrected chi connectivity index (χ0v) is 13.9. The third-order valence-corrected chi connectivity index (χ3v) is 5.01. The van der Waals surface area contributed by atoms with Crippen LogP contribution in [0.4, 0.5) is 0 Å². The summed E-state index contributed by atoms with van der Waals surface area (Å²) in [5, 5.41) is 0. The molecule has 2 heterocycles. The van der Waals surface area contributed by atoms with Crippen molar-refractivity contribution in [2.75, 3.05) is 53.0 Å². The summed E-state index contributed by atoms with van der Waals surface area (Å²) in [5.74, 6) is 0.327. The van der Waals surface area contributed by atoms with Crippen molar-refractivity contribution in [1.82, 2.24) is 14.7 Å². The van der Waals surface area contributed by atoms with Gasteiger partial charge in [-0.2, -0.15) is 0 Å². The highest BCUT2D eigenvalue weighted by Gasteiger charge is 2.33. The normalized spacial score (nSPS) is 26.2. The number of ether oxygens (including phenoxy) is 1. The third kappa shape index (κ3) is 4.18. The van der Waals surface area contributed by atoms with E-state index in [0.717, 1.165) is 52.3 Å². The summed E-state index contributed by atoms with van der Waals surface area (Å²) in [7, 11) is 1.76. The van der Waals surface area contributed by atoms with Crippen molar-refractivity contribution >= 4 is 5.91 Å². The number of amides is 1. The summed E-state index contributed by atoms with van der Waals surface area (Å²) >= 11 is 0. The van der Waals surface area contributed by atoms with Gasteiger partial charge >= 0.3 is 0 Å². The molecule has 5 nitrogen and oxygen atoms in total. The lowest BCUT2D eigenvalue weighted by Crippen LogP contribution is -2.58. The number of hydrogen-bond donors (Lipinski definition) is 0. The number of methoxy groups -OCH3 is 1. The van der Waals surface area contributed by atoms with E-state index in [0.29, 0.717) is 11.9 Å². The second-order valence-corrected chi connectivity index (χ2v) is 6.29. The van der Waals surface area contributed by atoms with E-state index in [1.54, 1.807) is 7.11 Å². The molecular weight excluding hydrogens is 266 g/mol. The van der Waals surface area contributed by atoms with Crippen LogP contribution in [-0.2, 0) is 9.53 Å². The van der Waals surface area contributed by atoms with Crippen LogP contribution in [0.3, 0.4) is 0 Å². The van der Waals surface area contributed by atoms with Crippen molar-refractivity contribution in [1.29, 1.82) is 0 Å². The Morgan fingerprint density at radius 1 is 1.24 bits per heavy atom. The molecule has 0 bridgehead atoms. The Bertz CT molecular complexity index is 331. The fourth-order valence-electron chi connectivity index (χ4n) is 3.52. The SMILES string of the molecule is CCC1CN(C(C)C(=O)N2CCCC2)CCN1CCOC. The fourth-order valence-corrected chi connectivity index (χ4v) is 3.52. The number of hydrogen-bond acceptors (Lipinski definition) is 4. The molecule has 0 radical (unpaired) electrons. The van der Waals surface area contributed by atoms with Crippen LogP contribution < -0.4 is 0 Å². The van der Waals surface area contributed by atoms with Crippen molar-refractivity contribution in [3.05, 3.63) is 0 Å². The first-order chi connectivity index (χ1) is 10.2. The molecule has 21 heavy (non-hydrogen) atoms. The van der Waals surface area contributed by atoms with E-state index in [4.69, 9.17) is 4.74 Å². The highest BCUT2D eigenvalue weighted by Crippen LogP contribution is 2.18. The second kappa shape index (κ2) is 8.11. The van der Waals surface area contributed by atoms with Gasteiger partial charge in [0.05, 0.1) is 12.6 Å². The average Bonchev–Trinajstić information content (AvgIpc) is 3.05. The van der Waals surface area contributed by atoms with Crippen LogP contribution in [0, 0.1) is 0 Å². The van der Waals surface area contributed by atoms with Crippen molar-refractivity contribution in [3.63, 3.8) is 0 Å². The van der Waals surface area contributed by atoms with Gasteiger partial charge in [0, 0.05) is 52.4 Å². The first-order valence-electron chi connectivity index (χ1n) is 8.43. The van der Waals surface area contributed by atoms with Gasteiger partial charge in [-0.3, -0.25) is 14.6 Å². The minimum atomic E-state index is 0.0294. The van der Waals surface area contributed by atoms with Gasteiger partial charge in [0.15, 0.2) is 0 Å². The van der Waals surface area contributed by atoms with E-state index < -0.39 is 0 Å². The summed E-state index contributed by atoms with van der Waals surface area (Å²) in [6, 6.07) is 0.574. The molecule has 122 valence electrons. The zero-order valence-electron chi connectivity index (χ0n) is 13.9. The van der Waals surface area contributed by atoms with Gasteiger partial charge in [-0.05, 0) is 26.2 Å². The molecule has 0 aliphatic carbocycles. The molecule has 0 spiro atoms. The van der Waals surface area contributed by atoms with Gasteiger partial charge in [0.2, 0.25) is 5.91 Å². The van der Waals surface area contributed by atoms with E-state index in [9.17, 15) is 4.79 Å². The van der Waals surface area contributed by atoms with Gasteiger partial charge in [-0.25, -0.2) is 0 Å². The first kappa shape index (κ1) is 16.7. The predicted molar refractivity (Wildman–Crippen MR) is 84.4 cm³/mol. The van der Waals surface area contributed by atoms with Gasteiger partial charge in [0.25, 0.3) is 0 Å². The number of piperazine rings is 1. The summed E-state index contributed by atoms with van der Waals surface area (Å²) in [6.07, 6.45) is 3.46. The van der Waals surface area contributed by atoms with Crippen LogP contribution in [0.5, 0.6) is 0 Å². The molecule has 1 amide bonds. The zero-order chi connectivity index (χ0) is 15.2. The Kier molecular flexibility index (Phi) is 6.45. The topological polar surface area (TPSA) is 36.0 Å². The van der Waals surface area contributed by atoms with E-state index >= 15 is 0 Å². The molecule has 0 aromatic rings. The molecule has 2 aliphatic heterocycles.